The van der Waals surface area contributed by atoms with Gasteiger partial charge in [-0.1, -0.05) is 9.24 Å². The molecule has 1 aliphatic rings. The van der Waals surface area contributed by atoms with Gasteiger partial charge in [0.1, 0.15) is 5.82 Å². The molecule has 1 aromatic rings. The molecule has 2 rings (SSSR count). The summed E-state index contributed by atoms with van der Waals surface area (Å²) in [5.74, 6) is -10.1. The van der Waals surface area contributed by atoms with Crippen LogP contribution in [0.25, 0.3) is 0 Å². The third-order valence-electron chi connectivity index (χ3n) is 3.99. The number of hydrogen-bond donors (Lipinski definition) is 0. The number of esters is 1. The van der Waals surface area contributed by atoms with Crippen LogP contribution in [0, 0.1) is 35.1 Å². The van der Waals surface area contributed by atoms with E-state index in [4.69, 9.17) is 0 Å². The number of allylic oxidation sites excluding steroid dienone is 1. The van der Waals surface area contributed by atoms with Crippen LogP contribution in [0.1, 0.15) is 12.8 Å². The van der Waals surface area contributed by atoms with Crippen molar-refractivity contribution in [2.45, 2.75) is 17.7 Å². The van der Waals surface area contributed by atoms with Crippen LogP contribution < -0.4 is 40.0 Å². The monoisotopic (exact) mass is 432 g/mol. The van der Waals surface area contributed by atoms with E-state index in [1.165, 1.54) is 0 Å². The maximum Gasteiger partial charge on any atom is 1.00 e. The van der Waals surface area contributed by atoms with Crippen LogP contribution in [0.15, 0.2) is 16.7 Å². The third kappa shape index (κ3) is 5.26. The minimum Gasteiger partial charge on any atom is -0.875 e. The second kappa shape index (κ2) is 10.3. The number of methoxy groups -OCH3 is 1. The number of ether oxygens (including phenoxy) is 1. The van der Waals surface area contributed by atoms with Gasteiger partial charge in [-0.05, 0) is 24.2 Å². The van der Waals surface area contributed by atoms with Crippen LogP contribution in [0.3, 0.4) is 0 Å². The number of rotatable bonds is 5. The van der Waals surface area contributed by atoms with Crippen molar-refractivity contribution in [2.75, 3.05) is 12.9 Å². The molecular formula is C16H14F4NaO4PS. The van der Waals surface area contributed by atoms with Crippen LogP contribution in [0.4, 0.5) is 17.6 Å². The Labute approximate surface area is 181 Å². The molecule has 4 nitrogen and oxygen atoms in total. The summed E-state index contributed by atoms with van der Waals surface area (Å²) in [5, 5.41) is 11.2. The van der Waals surface area contributed by atoms with Crippen molar-refractivity contribution >= 4 is 38.1 Å². The van der Waals surface area contributed by atoms with Gasteiger partial charge < -0.3 is 9.84 Å². The van der Waals surface area contributed by atoms with Gasteiger partial charge >= 0.3 is 35.5 Å². The molecule has 0 spiro atoms. The third-order valence-corrected chi connectivity index (χ3v) is 5.59. The molecule has 0 aliphatic heterocycles. The molecule has 11 heteroatoms. The second-order valence-electron chi connectivity index (χ2n) is 5.61. The molecule has 0 bridgehead atoms. The molecule has 0 heterocycles. The Morgan fingerprint density at radius 2 is 1.89 bits per heavy atom. The molecular weight excluding hydrogens is 418 g/mol. The van der Waals surface area contributed by atoms with Crippen LogP contribution >= 0.6 is 21.0 Å². The number of carbonyl (C=O) groups is 2. The van der Waals surface area contributed by atoms with Crippen molar-refractivity contribution in [1.82, 2.24) is 0 Å². The molecule has 0 amide bonds. The van der Waals surface area contributed by atoms with E-state index < -0.39 is 62.8 Å². The molecule has 0 saturated heterocycles. The largest absolute Gasteiger partial charge is 1.00 e. The van der Waals surface area contributed by atoms with Gasteiger partial charge in [-0.25, -0.2) is 17.6 Å². The molecule has 3 atom stereocenters. The molecule has 1 aromatic carbocycles. The zero-order valence-electron chi connectivity index (χ0n) is 14.5. The number of carbonyl (C=O) groups excluding carboxylic acids is 2. The number of halogens is 4. The van der Waals surface area contributed by atoms with Crippen LogP contribution in [-0.2, 0) is 14.3 Å². The molecule has 27 heavy (non-hydrogen) atoms. The topological polar surface area (TPSA) is 66.4 Å². The van der Waals surface area contributed by atoms with Crippen molar-refractivity contribution < 1.29 is 66.6 Å². The molecule has 0 N–H and O–H groups in total. The summed E-state index contributed by atoms with van der Waals surface area (Å²) < 4.78 is 59.0. The maximum absolute atomic E-state index is 14.0. The van der Waals surface area contributed by atoms with Crippen molar-refractivity contribution in [3.8, 4) is 0 Å². The van der Waals surface area contributed by atoms with Gasteiger partial charge in [-0.3, -0.25) is 9.59 Å². The molecule has 0 aromatic heterocycles. The standard InChI is InChI=1S/C16H15F4O4PS.Na/c1-24-16(23)9-6(4-7(21)5-8(9)22)2-3-26-15-12(19)10(17)11(18)14(25)13(15)20;/h5-6,9,22H,2-4,25H2,1H3;/q;+1/p-1. The number of thioether (sulfide) groups is 1. The molecule has 1 aliphatic carbocycles. The smallest absolute Gasteiger partial charge is 0.875 e. The van der Waals surface area contributed by atoms with Gasteiger partial charge in [-0.2, -0.15) is 0 Å². The Balaban J connectivity index is 0.00000364. The minimum absolute atomic E-state index is 0. The second-order valence-corrected chi connectivity index (χ2v) is 7.30. The average Bonchev–Trinajstić information content (AvgIpc) is 2.60. The first-order chi connectivity index (χ1) is 12.2. The van der Waals surface area contributed by atoms with Gasteiger partial charge in [0.15, 0.2) is 23.2 Å². The number of benzene rings is 1. The zero-order valence-corrected chi connectivity index (χ0v) is 18.5. The molecule has 0 saturated carbocycles. The van der Waals surface area contributed by atoms with E-state index in [9.17, 15) is 32.3 Å². The van der Waals surface area contributed by atoms with Crippen molar-refractivity contribution in [2.24, 2.45) is 11.8 Å². The average molecular weight is 432 g/mol. The zero-order chi connectivity index (χ0) is 19.6. The predicted molar refractivity (Wildman–Crippen MR) is 87.7 cm³/mol. The summed E-state index contributed by atoms with van der Waals surface area (Å²) in [7, 11) is 2.77. The van der Waals surface area contributed by atoms with Gasteiger partial charge in [0.05, 0.1) is 17.9 Å². The maximum atomic E-state index is 14.0. The predicted octanol–water partition coefficient (Wildman–Crippen LogP) is -1.15. The van der Waals surface area contributed by atoms with E-state index in [-0.39, 0.29) is 48.2 Å². The minimum atomic E-state index is -1.79. The van der Waals surface area contributed by atoms with E-state index in [1.807, 2.05) is 0 Å². The molecule has 0 radical (unpaired) electrons. The van der Waals surface area contributed by atoms with Crippen molar-refractivity contribution in [3.63, 3.8) is 0 Å². The summed E-state index contributed by atoms with van der Waals surface area (Å²) in [6.45, 7) is 0. The Hall–Kier alpha value is -0.600. The van der Waals surface area contributed by atoms with Crippen molar-refractivity contribution in [1.29, 1.82) is 0 Å². The normalized spacial score (nSPS) is 19.3. The molecule has 3 unspecified atom stereocenters. The Bertz CT molecular complexity index is 761. The van der Waals surface area contributed by atoms with Crippen molar-refractivity contribution in [3.05, 3.63) is 35.1 Å². The summed E-state index contributed by atoms with van der Waals surface area (Å²) in [5.41, 5.74) is 0. The van der Waals surface area contributed by atoms with E-state index in [0.29, 0.717) is 11.8 Å². The number of hydrogen-bond acceptors (Lipinski definition) is 5. The summed E-state index contributed by atoms with van der Waals surface area (Å²) in [6, 6.07) is 0. The van der Waals surface area contributed by atoms with Crippen LogP contribution in [-0.4, -0.2) is 24.6 Å². The van der Waals surface area contributed by atoms with E-state index in [1.54, 1.807) is 9.24 Å². The first-order valence-corrected chi connectivity index (χ1v) is 8.98. The van der Waals surface area contributed by atoms with Gasteiger partial charge in [0, 0.05) is 11.7 Å². The Morgan fingerprint density at radius 1 is 1.26 bits per heavy atom. The van der Waals surface area contributed by atoms with Gasteiger partial charge in [0.2, 0.25) is 0 Å². The Morgan fingerprint density at radius 3 is 2.48 bits per heavy atom. The fourth-order valence-corrected chi connectivity index (χ4v) is 4.14. The van der Waals surface area contributed by atoms with Crippen LogP contribution in [0.5, 0.6) is 0 Å². The van der Waals surface area contributed by atoms with E-state index in [0.717, 1.165) is 13.2 Å². The number of ketones is 1. The summed E-state index contributed by atoms with van der Waals surface area (Å²) in [4.78, 5) is 22.6. The van der Waals surface area contributed by atoms with Gasteiger partial charge in [0.25, 0.3) is 0 Å². The summed E-state index contributed by atoms with van der Waals surface area (Å²) >= 11 is 0.573. The fourth-order valence-electron chi connectivity index (χ4n) is 2.69. The van der Waals surface area contributed by atoms with Gasteiger partial charge in [-0.15, -0.1) is 17.5 Å². The molecule has 142 valence electrons. The van der Waals surface area contributed by atoms with E-state index >= 15 is 0 Å². The quantitative estimate of drug-likeness (QED) is 0.112. The molecule has 0 fully saturated rings. The first kappa shape index (κ1) is 24.4. The van der Waals surface area contributed by atoms with Crippen LogP contribution in [0.2, 0.25) is 0 Å². The first-order valence-electron chi connectivity index (χ1n) is 7.42. The summed E-state index contributed by atoms with van der Waals surface area (Å²) in [6.07, 6.45) is 0.810. The Kier molecular flexibility index (Phi) is 9.28. The van der Waals surface area contributed by atoms with E-state index in [2.05, 4.69) is 4.74 Å². The fraction of sp³-hybridized carbons (Fsp3) is 0.375. The SMILES string of the molecule is COC(=O)C1C([O-])=CC(=O)CC1CCSc1c(F)c(F)c(F)c(P)c1F.[Na+].